The van der Waals surface area contributed by atoms with Crippen molar-refractivity contribution in [1.29, 1.82) is 0 Å². The molecule has 2 amide bonds. The largest absolute Gasteiger partial charge is 0.454 e. The van der Waals surface area contributed by atoms with Gasteiger partial charge in [-0.15, -0.1) is 0 Å². The van der Waals surface area contributed by atoms with E-state index in [9.17, 15) is 4.79 Å². The van der Waals surface area contributed by atoms with Gasteiger partial charge in [-0.2, -0.15) is 5.10 Å². The molecule has 2 aromatic rings. The van der Waals surface area contributed by atoms with E-state index in [2.05, 4.69) is 31.8 Å². The summed E-state index contributed by atoms with van der Waals surface area (Å²) in [7, 11) is 0. The summed E-state index contributed by atoms with van der Waals surface area (Å²) >= 11 is 0. The molecule has 3 heterocycles. The molecule has 3 aliphatic rings. The molecule has 142 valence electrons. The Hall–Kier alpha value is -2.90. The number of aromatic amines is 1. The Morgan fingerprint density at radius 3 is 2.74 bits per heavy atom. The highest BCUT2D eigenvalue weighted by molar-refractivity contribution is 5.89. The molecule has 0 atom stereocenters. The maximum atomic E-state index is 12.3. The Morgan fingerprint density at radius 2 is 1.93 bits per heavy atom. The van der Waals surface area contributed by atoms with Gasteiger partial charge in [-0.05, 0) is 37.8 Å². The minimum absolute atomic E-state index is 0.164. The van der Waals surface area contributed by atoms with Gasteiger partial charge in [0.25, 0.3) is 0 Å². The second kappa shape index (κ2) is 6.68. The molecule has 1 saturated carbocycles. The fourth-order valence-electron chi connectivity index (χ4n) is 3.67. The van der Waals surface area contributed by atoms with Crippen molar-refractivity contribution in [3.05, 3.63) is 30.0 Å². The molecule has 8 nitrogen and oxygen atoms in total. The summed E-state index contributed by atoms with van der Waals surface area (Å²) in [5.41, 5.74) is 1.95. The van der Waals surface area contributed by atoms with Gasteiger partial charge in [-0.25, -0.2) is 4.79 Å². The standard InChI is InChI=1S/C19H23N5O3/c25-19(21-14-3-4-16-17(9-14)27-11-26-16)20-13-5-7-24(8-6-13)18-10-15(22-23-18)12-1-2-12/h3-4,9-10,12-13H,1-2,5-8,11H2,(H,22,23)(H2,20,21,25). The topological polar surface area (TPSA) is 91.5 Å². The van der Waals surface area contributed by atoms with Crippen LogP contribution in [0.15, 0.2) is 24.3 Å². The van der Waals surface area contributed by atoms with E-state index in [0.717, 1.165) is 31.7 Å². The number of piperidine rings is 1. The van der Waals surface area contributed by atoms with Gasteiger partial charge in [-0.1, -0.05) is 0 Å². The quantitative estimate of drug-likeness (QED) is 0.771. The summed E-state index contributed by atoms with van der Waals surface area (Å²) in [5.74, 6) is 3.08. The van der Waals surface area contributed by atoms with E-state index in [1.165, 1.54) is 18.5 Å². The number of urea groups is 1. The van der Waals surface area contributed by atoms with Crippen LogP contribution in [0.5, 0.6) is 11.5 Å². The van der Waals surface area contributed by atoms with E-state index in [1.807, 2.05) is 6.07 Å². The number of ether oxygens (including phenoxy) is 2. The number of rotatable bonds is 4. The van der Waals surface area contributed by atoms with Gasteiger partial charge in [0, 0.05) is 48.6 Å². The smallest absolute Gasteiger partial charge is 0.319 e. The molecule has 1 aliphatic carbocycles. The van der Waals surface area contributed by atoms with Crippen molar-refractivity contribution in [2.24, 2.45) is 0 Å². The van der Waals surface area contributed by atoms with Crippen molar-refractivity contribution in [2.75, 3.05) is 30.1 Å². The van der Waals surface area contributed by atoms with Crippen LogP contribution in [0.25, 0.3) is 0 Å². The first-order valence-corrected chi connectivity index (χ1v) is 9.52. The van der Waals surface area contributed by atoms with Crippen molar-refractivity contribution in [3.63, 3.8) is 0 Å². The zero-order valence-electron chi connectivity index (χ0n) is 15.0. The van der Waals surface area contributed by atoms with Gasteiger partial charge in [0.05, 0.1) is 0 Å². The first-order chi connectivity index (χ1) is 13.2. The second-order valence-corrected chi connectivity index (χ2v) is 7.38. The first-order valence-electron chi connectivity index (χ1n) is 9.52. The van der Waals surface area contributed by atoms with E-state index in [0.29, 0.717) is 23.1 Å². The lowest BCUT2D eigenvalue weighted by Crippen LogP contribution is -2.46. The highest BCUT2D eigenvalue weighted by Gasteiger charge is 2.27. The molecule has 2 aliphatic heterocycles. The SMILES string of the molecule is O=C(Nc1ccc2c(c1)OCO2)NC1CCN(c2cc(C3CC3)[nH]n2)CC1. The van der Waals surface area contributed by atoms with E-state index in [-0.39, 0.29) is 18.9 Å². The normalized spacial score (nSPS) is 19.2. The molecule has 1 aromatic carbocycles. The maximum absolute atomic E-state index is 12.3. The van der Waals surface area contributed by atoms with Crippen LogP contribution in [0.2, 0.25) is 0 Å². The molecule has 0 unspecified atom stereocenters. The monoisotopic (exact) mass is 369 g/mol. The average molecular weight is 369 g/mol. The van der Waals surface area contributed by atoms with E-state index in [4.69, 9.17) is 9.47 Å². The number of benzene rings is 1. The molecule has 8 heteroatoms. The van der Waals surface area contributed by atoms with Crippen LogP contribution < -0.4 is 25.0 Å². The number of hydrogen-bond acceptors (Lipinski definition) is 5. The number of nitrogens with zero attached hydrogens (tertiary/aromatic N) is 2. The highest BCUT2D eigenvalue weighted by atomic mass is 16.7. The Kier molecular flexibility index (Phi) is 4.03. The van der Waals surface area contributed by atoms with Crippen molar-refractivity contribution in [1.82, 2.24) is 15.5 Å². The maximum Gasteiger partial charge on any atom is 0.319 e. The van der Waals surface area contributed by atoms with Crippen LogP contribution in [0.3, 0.4) is 0 Å². The number of hydrogen-bond donors (Lipinski definition) is 3. The van der Waals surface area contributed by atoms with E-state index < -0.39 is 0 Å². The summed E-state index contributed by atoms with van der Waals surface area (Å²) < 4.78 is 10.6. The third kappa shape index (κ3) is 3.51. The Morgan fingerprint density at radius 1 is 1.11 bits per heavy atom. The lowest BCUT2D eigenvalue weighted by atomic mass is 10.1. The van der Waals surface area contributed by atoms with Crippen LogP contribution >= 0.6 is 0 Å². The zero-order chi connectivity index (χ0) is 18.2. The fraction of sp³-hybridized carbons (Fsp3) is 0.474. The van der Waals surface area contributed by atoms with Gasteiger partial charge in [0.2, 0.25) is 6.79 Å². The molecular weight excluding hydrogens is 346 g/mol. The van der Waals surface area contributed by atoms with Gasteiger partial charge in [0.1, 0.15) is 0 Å². The van der Waals surface area contributed by atoms with Gasteiger partial charge >= 0.3 is 6.03 Å². The molecule has 1 saturated heterocycles. The van der Waals surface area contributed by atoms with Crippen molar-refractivity contribution < 1.29 is 14.3 Å². The Labute approximate surface area is 157 Å². The summed E-state index contributed by atoms with van der Waals surface area (Å²) in [6.45, 7) is 2.01. The fourth-order valence-corrected chi connectivity index (χ4v) is 3.67. The average Bonchev–Trinajstić information content (AvgIpc) is 3.22. The zero-order valence-corrected chi connectivity index (χ0v) is 15.0. The Bertz CT molecular complexity index is 840. The predicted molar refractivity (Wildman–Crippen MR) is 101 cm³/mol. The minimum Gasteiger partial charge on any atom is -0.454 e. The van der Waals surface area contributed by atoms with E-state index in [1.54, 1.807) is 12.1 Å². The van der Waals surface area contributed by atoms with Crippen LogP contribution in [0.1, 0.15) is 37.3 Å². The van der Waals surface area contributed by atoms with Crippen molar-refractivity contribution in [2.45, 2.75) is 37.6 Å². The van der Waals surface area contributed by atoms with Crippen LogP contribution in [-0.4, -0.2) is 42.2 Å². The lowest BCUT2D eigenvalue weighted by molar-refractivity contribution is 0.174. The molecule has 1 aromatic heterocycles. The molecule has 0 bridgehead atoms. The van der Waals surface area contributed by atoms with Crippen LogP contribution in [0, 0.1) is 0 Å². The number of H-pyrrole nitrogens is 1. The molecule has 27 heavy (non-hydrogen) atoms. The first kappa shape index (κ1) is 16.3. The highest BCUT2D eigenvalue weighted by Crippen LogP contribution is 2.40. The molecule has 2 fully saturated rings. The summed E-state index contributed by atoms with van der Waals surface area (Å²) in [6.07, 6.45) is 4.35. The lowest BCUT2D eigenvalue weighted by Gasteiger charge is -2.32. The second-order valence-electron chi connectivity index (χ2n) is 7.38. The number of fused-ring (bicyclic) bond motifs is 1. The van der Waals surface area contributed by atoms with Crippen LogP contribution in [0.4, 0.5) is 16.3 Å². The van der Waals surface area contributed by atoms with Crippen LogP contribution in [-0.2, 0) is 0 Å². The van der Waals surface area contributed by atoms with E-state index >= 15 is 0 Å². The number of nitrogens with one attached hydrogen (secondary N) is 3. The third-order valence-electron chi connectivity index (χ3n) is 5.39. The molecular formula is C19H23N5O3. The van der Waals surface area contributed by atoms with Gasteiger partial charge in [-0.3, -0.25) is 5.10 Å². The number of amides is 2. The third-order valence-corrected chi connectivity index (χ3v) is 5.39. The van der Waals surface area contributed by atoms with Crippen molar-refractivity contribution in [3.8, 4) is 11.5 Å². The minimum atomic E-state index is -0.192. The number of aromatic nitrogens is 2. The summed E-state index contributed by atoms with van der Waals surface area (Å²) in [5, 5.41) is 13.5. The number of carbonyl (C=O) groups excluding carboxylic acids is 1. The number of anilines is 2. The van der Waals surface area contributed by atoms with Gasteiger partial charge < -0.3 is 25.0 Å². The summed E-state index contributed by atoms with van der Waals surface area (Å²) in [6, 6.07) is 7.54. The molecule has 5 rings (SSSR count). The molecule has 0 radical (unpaired) electrons. The summed E-state index contributed by atoms with van der Waals surface area (Å²) in [4.78, 5) is 14.6. The molecule has 3 N–H and O–H groups in total. The van der Waals surface area contributed by atoms with Gasteiger partial charge in [0.15, 0.2) is 17.3 Å². The predicted octanol–water partition coefficient (Wildman–Crippen LogP) is 2.81. The Balaban J connectivity index is 1.11. The van der Waals surface area contributed by atoms with Crippen molar-refractivity contribution >= 4 is 17.5 Å². The number of carbonyl (C=O) groups is 1. The molecule has 0 spiro atoms.